The van der Waals surface area contributed by atoms with Crippen LogP contribution in [0.25, 0.3) is 0 Å². The van der Waals surface area contributed by atoms with Crippen molar-refractivity contribution in [2.45, 2.75) is 147 Å². The molecule has 0 bridgehead atoms. The Morgan fingerprint density at radius 3 is 1.49 bits per heavy atom. The first-order valence-corrected chi connectivity index (χ1v) is 15.4. The Morgan fingerprint density at radius 1 is 0.561 bits per heavy atom. The topological polar surface area (TPSA) is 214 Å². The number of nitrogens with two attached hydrogens (primary N) is 2. The van der Waals surface area contributed by atoms with E-state index in [-0.39, 0.29) is 37.5 Å². The number of rotatable bonds is 29. The number of aliphatic carboxylic acids is 2. The Bertz CT molecular complexity index is 751. The van der Waals surface area contributed by atoms with Gasteiger partial charge in [-0.15, -0.1) is 0 Å². The molecule has 0 spiro atoms. The Kier molecular flexibility index (Phi) is 24.4. The number of hydrogen-bond donors (Lipinski definition) is 7. The molecule has 12 nitrogen and oxygen atoms in total. The number of nitrogens with one attached hydrogen (secondary N) is 3. The summed E-state index contributed by atoms with van der Waals surface area (Å²) in [6.45, 7) is 0.387. The summed E-state index contributed by atoms with van der Waals surface area (Å²) in [5.41, 5.74) is 7.53. The molecule has 3 amide bonds. The van der Waals surface area contributed by atoms with Gasteiger partial charge < -0.3 is 26.6 Å². The van der Waals surface area contributed by atoms with Crippen LogP contribution in [-0.2, 0) is 24.0 Å². The van der Waals surface area contributed by atoms with Crippen LogP contribution in [0.15, 0.2) is 0 Å². The summed E-state index contributed by atoms with van der Waals surface area (Å²) >= 11 is 0. The molecule has 0 heterocycles. The van der Waals surface area contributed by atoms with Crippen molar-refractivity contribution in [3.8, 4) is 0 Å². The number of hydrazine groups is 1. The molecule has 2 atom stereocenters. The summed E-state index contributed by atoms with van der Waals surface area (Å²) in [6, 6.07) is -1.71. The van der Waals surface area contributed by atoms with E-state index >= 15 is 0 Å². The number of carboxylic acids is 2. The van der Waals surface area contributed by atoms with E-state index in [1.807, 2.05) is 0 Å². The predicted octanol–water partition coefficient (Wildman–Crippen LogP) is 3.27. The van der Waals surface area contributed by atoms with Crippen molar-refractivity contribution in [3.05, 3.63) is 0 Å². The van der Waals surface area contributed by atoms with Crippen LogP contribution in [0.3, 0.4) is 0 Å². The number of unbranched alkanes of at least 4 members (excludes halogenated alkanes) is 14. The third kappa shape index (κ3) is 24.8. The highest BCUT2D eigenvalue weighted by molar-refractivity contribution is 5.84. The molecule has 0 rings (SSSR count). The summed E-state index contributed by atoms with van der Waals surface area (Å²) in [5, 5.41) is 23.3. The average Bonchev–Trinajstić information content (AvgIpc) is 2.92. The number of carbonyl (C=O) groups is 5. The van der Waals surface area contributed by atoms with Gasteiger partial charge in [0.25, 0.3) is 0 Å². The molecule has 12 heteroatoms. The number of primary amides is 1. The third-order valence-electron chi connectivity index (χ3n) is 7.12. The zero-order valence-electron chi connectivity index (χ0n) is 24.8. The van der Waals surface area contributed by atoms with E-state index < -0.39 is 29.9 Å². The van der Waals surface area contributed by atoms with Crippen LogP contribution in [0.2, 0.25) is 0 Å². The van der Waals surface area contributed by atoms with Crippen LogP contribution in [0.1, 0.15) is 135 Å². The SMILES string of the molecule is NNC(CCCCNC(=O)CC[C@H](NC(=O)CCCCCCCCCCCCCCCCC(=O)O)C(=O)O)C(N)=O. The fraction of sp³-hybridized carbons (Fsp3) is 0.828. The lowest BCUT2D eigenvalue weighted by molar-refractivity contribution is -0.142. The lowest BCUT2D eigenvalue weighted by Gasteiger charge is -2.15. The molecule has 0 aromatic rings. The van der Waals surface area contributed by atoms with Crippen molar-refractivity contribution in [2.24, 2.45) is 11.6 Å². The molecule has 0 aliphatic heterocycles. The predicted molar refractivity (Wildman–Crippen MR) is 157 cm³/mol. The van der Waals surface area contributed by atoms with Gasteiger partial charge in [0.15, 0.2) is 0 Å². The van der Waals surface area contributed by atoms with Crippen molar-refractivity contribution in [1.82, 2.24) is 16.1 Å². The molecule has 0 radical (unpaired) electrons. The smallest absolute Gasteiger partial charge is 0.326 e. The van der Waals surface area contributed by atoms with Crippen molar-refractivity contribution >= 4 is 29.7 Å². The van der Waals surface area contributed by atoms with Gasteiger partial charge in [0.05, 0.1) is 6.04 Å². The second-order valence-corrected chi connectivity index (χ2v) is 10.8. The summed E-state index contributed by atoms with van der Waals surface area (Å²) in [4.78, 5) is 57.3. The molecule has 0 aliphatic carbocycles. The minimum Gasteiger partial charge on any atom is -0.481 e. The third-order valence-corrected chi connectivity index (χ3v) is 7.12. The van der Waals surface area contributed by atoms with Crippen LogP contribution in [-0.4, -0.2) is 58.5 Å². The van der Waals surface area contributed by atoms with Crippen LogP contribution < -0.4 is 27.6 Å². The lowest BCUT2D eigenvalue weighted by atomic mass is 10.0. The maximum atomic E-state index is 12.2. The van der Waals surface area contributed by atoms with Crippen LogP contribution in [0.5, 0.6) is 0 Å². The van der Waals surface area contributed by atoms with Gasteiger partial charge in [0, 0.05) is 25.8 Å². The fourth-order valence-corrected chi connectivity index (χ4v) is 4.58. The van der Waals surface area contributed by atoms with Crippen molar-refractivity contribution < 1.29 is 34.2 Å². The number of carbonyl (C=O) groups excluding carboxylic acids is 3. The zero-order chi connectivity index (χ0) is 30.7. The minimum absolute atomic E-state index is 0.0138. The largest absolute Gasteiger partial charge is 0.481 e. The van der Waals surface area contributed by atoms with Crippen molar-refractivity contribution in [2.75, 3.05) is 6.54 Å². The van der Waals surface area contributed by atoms with Crippen LogP contribution in [0, 0.1) is 0 Å². The van der Waals surface area contributed by atoms with Crippen molar-refractivity contribution in [1.29, 1.82) is 0 Å². The fourth-order valence-electron chi connectivity index (χ4n) is 4.58. The van der Waals surface area contributed by atoms with E-state index in [0.29, 0.717) is 32.2 Å². The monoisotopic (exact) mass is 585 g/mol. The molecule has 0 aliphatic rings. The molecule has 9 N–H and O–H groups in total. The first kappa shape index (κ1) is 38.3. The van der Waals surface area contributed by atoms with Gasteiger partial charge in [0.1, 0.15) is 6.04 Å². The molecule has 41 heavy (non-hydrogen) atoms. The molecule has 0 fully saturated rings. The minimum atomic E-state index is -1.16. The number of carboxylic acid groups (broad SMARTS) is 2. The lowest BCUT2D eigenvalue weighted by Crippen LogP contribution is -2.45. The molecule has 0 saturated carbocycles. The van der Waals surface area contributed by atoms with Gasteiger partial charge in [0.2, 0.25) is 17.7 Å². The summed E-state index contributed by atoms with van der Waals surface area (Å²) in [7, 11) is 0. The van der Waals surface area contributed by atoms with Crippen LogP contribution in [0.4, 0.5) is 0 Å². The quantitative estimate of drug-likeness (QED) is 0.0389. The van der Waals surface area contributed by atoms with Crippen molar-refractivity contribution in [3.63, 3.8) is 0 Å². The standard InChI is InChI=1S/C29H55N5O7/c30-28(39)23(34-31)17-15-16-22-32-25(35)21-20-24(29(40)41)33-26(36)18-13-11-9-7-5-3-1-2-4-6-8-10-12-14-19-27(37)38/h23-24,34H,1-22,31H2,(H2,30,39)(H,32,35)(H,33,36)(H,37,38)(H,40,41)/t23?,24-/m0/s1. The zero-order valence-corrected chi connectivity index (χ0v) is 24.8. The highest BCUT2D eigenvalue weighted by Gasteiger charge is 2.20. The Morgan fingerprint density at radius 2 is 1.05 bits per heavy atom. The van der Waals surface area contributed by atoms with Gasteiger partial charge in [-0.2, -0.15) is 0 Å². The van der Waals surface area contributed by atoms with Crippen LogP contribution >= 0.6 is 0 Å². The maximum Gasteiger partial charge on any atom is 0.326 e. The van der Waals surface area contributed by atoms with Gasteiger partial charge in [-0.05, 0) is 38.5 Å². The van der Waals surface area contributed by atoms with E-state index in [9.17, 15) is 29.1 Å². The van der Waals surface area contributed by atoms with E-state index in [2.05, 4.69) is 16.1 Å². The Labute approximate surface area is 245 Å². The van der Waals surface area contributed by atoms with E-state index in [0.717, 1.165) is 38.5 Å². The molecule has 0 aromatic carbocycles. The molecule has 0 aromatic heterocycles. The molecular weight excluding hydrogens is 530 g/mol. The Hall–Kier alpha value is -2.73. The summed E-state index contributed by atoms with van der Waals surface area (Å²) in [5.74, 6) is 2.24. The Balaban J connectivity index is 3.73. The second kappa shape index (κ2) is 26.2. The summed E-state index contributed by atoms with van der Waals surface area (Å²) < 4.78 is 0. The van der Waals surface area contributed by atoms with E-state index in [4.69, 9.17) is 16.7 Å². The first-order valence-electron chi connectivity index (χ1n) is 15.4. The van der Waals surface area contributed by atoms with E-state index in [1.54, 1.807) is 0 Å². The molecular formula is C29H55N5O7. The molecule has 0 saturated heterocycles. The highest BCUT2D eigenvalue weighted by Crippen LogP contribution is 2.14. The molecule has 238 valence electrons. The molecule has 1 unspecified atom stereocenters. The van der Waals surface area contributed by atoms with Gasteiger partial charge in [-0.3, -0.25) is 25.0 Å². The average molecular weight is 586 g/mol. The number of hydrogen-bond acceptors (Lipinski definition) is 7. The van der Waals surface area contributed by atoms with Gasteiger partial charge in [-0.1, -0.05) is 77.0 Å². The number of amides is 3. The van der Waals surface area contributed by atoms with Gasteiger partial charge in [-0.25, -0.2) is 10.2 Å². The highest BCUT2D eigenvalue weighted by atomic mass is 16.4. The maximum absolute atomic E-state index is 12.2. The first-order chi connectivity index (χ1) is 19.7. The summed E-state index contributed by atoms with van der Waals surface area (Å²) in [6.07, 6.45) is 17.5. The second-order valence-electron chi connectivity index (χ2n) is 10.8. The van der Waals surface area contributed by atoms with Gasteiger partial charge >= 0.3 is 11.9 Å². The normalized spacial score (nSPS) is 12.4. The van der Waals surface area contributed by atoms with E-state index in [1.165, 1.54) is 44.9 Å².